The first kappa shape index (κ1) is 16.2. The number of hydrogen-bond donors (Lipinski definition) is 1. The molecule has 0 aliphatic carbocycles. The van der Waals surface area contributed by atoms with Crippen LogP contribution >= 0.6 is 11.3 Å². The topological polar surface area (TPSA) is 55.1 Å². The van der Waals surface area contributed by atoms with Crippen LogP contribution in [0.2, 0.25) is 0 Å². The molecule has 2 heterocycles. The van der Waals surface area contributed by atoms with Crippen molar-refractivity contribution in [1.29, 1.82) is 0 Å². The maximum Gasteiger partial charge on any atom is 0.294 e. The van der Waals surface area contributed by atoms with Gasteiger partial charge in [0.2, 0.25) is 5.76 Å². The Morgan fingerprint density at radius 1 is 1.00 bits per heavy atom. The van der Waals surface area contributed by atoms with Gasteiger partial charge in [-0.1, -0.05) is 29.4 Å². The molecule has 128 valence electrons. The summed E-state index contributed by atoms with van der Waals surface area (Å²) >= 11 is 1.63. The Morgan fingerprint density at radius 3 is 2.65 bits per heavy atom. The van der Waals surface area contributed by atoms with E-state index in [1.54, 1.807) is 23.5 Å². The fourth-order valence-electron chi connectivity index (χ4n) is 2.56. The molecule has 26 heavy (non-hydrogen) atoms. The molecule has 2 aromatic carbocycles. The second-order valence-electron chi connectivity index (χ2n) is 5.63. The van der Waals surface area contributed by atoms with Crippen LogP contribution in [0.25, 0.3) is 22.4 Å². The van der Waals surface area contributed by atoms with Gasteiger partial charge in [-0.3, -0.25) is 4.79 Å². The van der Waals surface area contributed by atoms with Gasteiger partial charge >= 0.3 is 0 Å². The molecule has 0 atom stereocenters. The highest BCUT2D eigenvalue weighted by Crippen LogP contribution is 2.27. The summed E-state index contributed by atoms with van der Waals surface area (Å²) in [6.45, 7) is 0. The van der Waals surface area contributed by atoms with Crippen LogP contribution in [0.4, 0.5) is 10.1 Å². The smallest absolute Gasteiger partial charge is 0.294 e. The molecule has 4 aromatic rings. The van der Waals surface area contributed by atoms with E-state index in [1.165, 1.54) is 18.2 Å². The normalized spacial score (nSPS) is 10.7. The van der Waals surface area contributed by atoms with Gasteiger partial charge in [0.25, 0.3) is 5.91 Å². The van der Waals surface area contributed by atoms with Crippen LogP contribution in [0.15, 0.2) is 75.9 Å². The average Bonchev–Trinajstić information content (AvgIpc) is 3.34. The standard InChI is InChI=1S/C20H13FN2O2S/c21-16-5-2-6-17(10-16)22-20(24)19-11-18(23-25-19)14-4-1-3-13(9-14)15-7-8-26-12-15/h1-12H,(H,22,24). The van der Waals surface area contributed by atoms with Gasteiger partial charge in [0.05, 0.1) is 0 Å². The number of hydrogen-bond acceptors (Lipinski definition) is 4. The molecule has 4 nitrogen and oxygen atoms in total. The minimum atomic E-state index is -0.483. The Morgan fingerprint density at radius 2 is 1.85 bits per heavy atom. The Hall–Kier alpha value is -3.25. The second kappa shape index (κ2) is 6.93. The van der Waals surface area contributed by atoms with Crippen molar-refractivity contribution in [1.82, 2.24) is 5.16 Å². The molecule has 1 amide bonds. The number of amides is 1. The number of aromatic nitrogens is 1. The molecule has 1 N–H and O–H groups in total. The highest BCUT2D eigenvalue weighted by Gasteiger charge is 2.15. The van der Waals surface area contributed by atoms with E-state index >= 15 is 0 Å². The number of carbonyl (C=O) groups excluding carboxylic acids is 1. The molecule has 0 spiro atoms. The van der Waals surface area contributed by atoms with Crippen molar-refractivity contribution in [2.75, 3.05) is 5.32 Å². The molecule has 6 heteroatoms. The van der Waals surface area contributed by atoms with Gasteiger partial charge in [-0.25, -0.2) is 4.39 Å². The molecule has 0 aliphatic heterocycles. The Balaban J connectivity index is 1.56. The van der Waals surface area contributed by atoms with Crippen molar-refractivity contribution in [2.45, 2.75) is 0 Å². The molecule has 0 saturated carbocycles. The van der Waals surface area contributed by atoms with Gasteiger partial charge in [0.15, 0.2) is 0 Å². The molecule has 4 rings (SSSR count). The van der Waals surface area contributed by atoms with Crippen molar-refractivity contribution in [3.63, 3.8) is 0 Å². The maximum absolute atomic E-state index is 13.2. The van der Waals surface area contributed by atoms with E-state index < -0.39 is 11.7 Å². The van der Waals surface area contributed by atoms with Crippen LogP contribution in [0.5, 0.6) is 0 Å². The minimum absolute atomic E-state index is 0.0604. The largest absolute Gasteiger partial charge is 0.350 e. The summed E-state index contributed by atoms with van der Waals surface area (Å²) < 4.78 is 18.4. The SMILES string of the molecule is O=C(Nc1cccc(F)c1)c1cc(-c2cccc(-c3ccsc3)c2)no1. The number of rotatable bonds is 4. The van der Waals surface area contributed by atoms with Gasteiger partial charge in [-0.15, -0.1) is 0 Å². The number of thiophene rings is 1. The summed E-state index contributed by atoms with van der Waals surface area (Å²) in [6.07, 6.45) is 0. The van der Waals surface area contributed by atoms with Gasteiger partial charge in [0, 0.05) is 17.3 Å². The lowest BCUT2D eigenvalue weighted by Gasteiger charge is -2.02. The van der Waals surface area contributed by atoms with Crippen LogP contribution in [-0.2, 0) is 0 Å². The third-order valence-corrected chi connectivity index (χ3v) is 4.51. The molecule has 0 fully saturated rings. The summed E-state index contributed by atoms with van der Waals surface area (Å²) in [5, 5.41) is 10.7. The molecular weight excluding hydrogens is 351 g/mol. The molecule has 2 aromatic heterocycles. The zero-order valence-electron chi connectivity index (χ0n) is 13.5. The van der Waals surface area contributed by atoms with Gasteiger partial charge < -0.3 is 9.84 Å². The summed E-state index contributed by atoms with van der Waals surface area (Å²) in [5.41, 5.74) is 3.96. The number of halogens is 1. The highest BCUT2D eigenvalue weighted by molar-refractivity contribution is 7.08. The summed E-state index contributed by atoms with van der Waals surface area (Å²) in [7, 11) is 0. The Bertz CT molecular complexity index is 1060. The lowest BCUT2D eigenvalue weighted by atomic mass is 10.0. The van der Waals surface area contributed by atoms with E-state index in [0.717, 1.165) is 16.7 Å². The van der Waals surface area contributed by atoms with E-state index in [9.17, 15) is 9.18 Å². The zero-order valence-corrected chi connectivity index (χ0v) is 14.3. The third kappa shape index (κ3) is 3.41. The summed E-state index contributed by atoms with van der Waals surface area (Å²) in [6, 6.07) is 17.1. The first-order valence-electron chi connectivity index (χ1n) is 7.86. The predicted octanol–water partition coefficient (Wildman–Crippen LogP) is 5.46. The Kier molecular flexibility index (Phi) is 4.33. The number of nitrogens with zero attached hydrogens (tertiary/aromatic N) is 1. The maximum atomic E-state index is 13.2. The van der Waals surface area contributed by atoms with E-state index in [1.807, 2.05) is 35.7 Å². The summed E-state index contributed by atoms with van der Waals surface area (Å²) in [5.74, 6) is -0.847. The fourth-order valence-corrected chi connectivity index (χ4v) is 3.23. The van der Waals surface area contributed by atoms with Crippen molar-refractivity contribution >= 4 is 22.9 Å². The quantitative estimate of drug-likeness (QED) is 0.523. The van der Waals surface area contributed by atoms with Crippen LogP contribution in [-0.4, -0.2) is 11.1 Å². The van der Waals surface area contributed by atoms with Crippen molar-refractivity contribution in [2.24, 2.45) is 0 Å². The number of carbonyl (C=O) groups is 1. The van der Waals surface area contributed by atoms with Crippen molar-refractivity contribution in [3.8, 4) is 22.4 Å². The first-order valence-corrected chi connectivity index (χ1v) is 8.80. The highest BCUT2D eigenvalue weighted by atomic mass is 32.1. The molecule has 0 radical (unpaired) electrons. The molecular formula is C20H13FN2O2S. The molecule has 0 unspecified atom stereocenters. The van der Waals surface area contributed by atoms with Crippen LogP contribution in [0.1, 0.15) is 10.6 Å². The van der Waals surface area contributed by atoms with Crippen LogP contribution in [0, 0.1) is 5.82 Å². The van der Waals surface area contributed by atoms with Crippen molar-refractivity contribution < 1.29 is 13.7 Å². The van der Waals surface area contributed by atoms with Crippen molar-refractivity contribution in [3.05, 3.63) is 83.0 Å². The van der Waals surface area contributed by atoms with Gasteiger partial charge in [0.1, 0.15) is 11.5 Å². The fraction of sp³-hybridized carbons (Fsp3) is 0. The van der Waals surface area contributed by atoms with Crippen LogP contribution in [0.3, 0.4) is 0 Å². The van der Waals surface area contributed by atoms with Crippen LogP contribution < -0.4 is 5.32 Å². The van der Waals surface area contributed by atoms with E-state index in [4.69, 9.17) is 4.52 Å². The average molecular weight is 364 g/mol. The first-order chi connectivity index (χ1) is 12.7. The lowest BCUT2D eigenvalue weighted by Crippen LogP contribution is -2.10. The number of benzene rings is 2. The zero-order chi connectivity index (χ0) is 17.9. The lowest BCUT2D eigenvalue weighted by molar-refractivity contribution is 0.0988. The van der Waals surface area contributed by atoms with Gasteiger partial charge in [-0.05, 0) is 52.2 Å². The predicted molar refractivity (Wildman–Crippen MR) is 99.6 cm³/mol. The Labute approximate surface area is 152 Å². The van der Waals surface area contributed by atoms with E-state index in [0.29, 0.717) is 11.4 Å². The second-order valence-corrected chi connectivity index (χ2v) is 6.41. The molecule has 0 saturated heterocycles. The number of nitrogens with one attached hydrogen (secondary N) is 1. The van der Waals surface area contributed by atoms with Gasteiger partial charge in [-0.2, -0.15) is 11.3 Å². The van der Waals surface area contributed by atoms with E-state index in [-0.39, 0.29) is 5.76 Å². The monoisotopic (exact) mass is 364 g/mol. The molecule has 0 bridgehead atoms. The summed E-state index contributed by atoms with van der Waals surface area (Å²) in [4.78, 5) is 12.3. The third-order valence-electron chi connectivity index (χ3n) is 3.83. The van der Waals surface area contributed by atoms with E-state index in [2.05, 4.69) is 15.9 Å². The number of anilines is 1. The minimum Gasteiger partial charge on any atom is -0.350 e. The molecule has 0 aliphatic rings.